The maximum Gasteiger partial charge on any atom is 0.248 e. The smallest absolute Gasteiger partial charge is 0.248 e. The Morgan fingerprint density at radius 3 is 2.68 bits per heavy atom. The largest absolute Gasteiger partial charge is 0.381 e. The summed E-state index contributed by atoms with van der Waals surface area (Å²) in [5.74, 6) is 0.0210. The number of hydrogen-bond donors (Lipinski definition) is 1. The van der Waals surface area contributed by atoms with Crippen molar-refractivity contribution in [2.24, 2.45) is 7.05 Å². The summed E-state index contributed by atoms with van der Waals surface area (Å²) in [7, 11) is -0.458. The molecule has 0 fully saturated rings. The second-order valence-corrected chi connectivity index (χ2v) is 7.21. The van der Waals surface area contributed by atoms with Gasteiger partial charge in [0.2, 0.25) is 10.0 Å². The van der Waals surface area contributed by atoms with Gasteiger partial charge in [0.1, 0.15) is 4.90 Å². The maximum atomic E-state index is 12.5. The van der Waals surface area contributed by atoms with Gasteiger partial charge < -0.3 is 5.73 Å². The van der Waals surface area contributed by atoms with E-state index in [-0.39, 0.29) is 16.8 Å². The van der Waals surface area contributed by atoms with Gasteiger partial charge in [-0.05, 0) is 18.4 Å². The van der Waals surface area contributed by atoms with E-state index in [0.717, 1.165) is 4.88 Å². The molecule has 6 nitrogen and oxygen atoms in total. The fourth-order valence-corrected chi connectivity index (χ4v) is 4.08. The highest BCUT2D eigenvalue weighted by Gasteiger charge is 2.30. The van der Waals surface area contributed by atoms with Crippen LogP contribution in [0.3, 0.4) is 0 Å². The predicted molar refractivity (Wildman–Crippen MR) is 75.3 cm³/mol. The molecule has 0 spiro atoms. The number of nitrogen functional groups attached to an aromatic ring is 1. The number of nitrogens with zero attached hydrogens (tertiary/aromatic N) is 3. The molecule has 0 aliphatic heterocycles. The van der Waals surface area contributed by atoms with Crippen molar-refractivity contribution in [2.75, 3.05) is 12.8 Å². The van der Waals surface area contributed by atoms with E-state index in [1.54, 1.807) is 14.1 Å². The molecule has 0 radical (unpaired) electrons. The molecule has 19 heavy (non-hydrogen) atoms. The lowest BCUT2D eigenvalue weighted by atomic mass is 10.3. The van der Waals surface area contributed by atoms with Crippen molar-refractivity contribution >= 4 is 27.2 Å². The van der Waals surface area contributed by atoms with Crippen LogP contribution in [0.25, 0.3) is 0 Å². The van der Waals surface area contributed by atoms with E-state index >= 15 is 0 Å². The summed E-state index contributed by atoms with van der Waals surface area (Å²) in [4.78, 5) is 1.02. The minimum absolute atomic E-state index is 0.0210. The van der Waals surface area contributed by atoms with Crippen LogP contribution in [0.4, 0.5) is 5.82 Å². The van der Waals surface area contributed by atoms with Gasteiger partial charge in [-0.3, -0.25) is 4.68 Å². The molecule has 0 saturated heterocycles. The molecular formula is C11H16N4O2S2. The quantitative estimate of drug-likeness (QED) is 0.926. The third-order valence-corrected chi connectivity index (χ3v) is 5.97. The third-order valence-electron chi connectivity index (χ3n) is 2.98. The lowest BCUT2D eigenvalue weighted by Gasteiger charge is -2.22. The van der Waals surface area contributed by atoms with Gasteiger partial charge in [0.05, 0.1) is 6.04 Å². The molecule has 104 valence electrons. The van der Waals surface area contributed by atoms with Gasteiger partial charge in [-0.15, -0.1) is 11.3 Å². The summed E-state index contributed by atoms with van der Waals surface area (Å²) in [5.41, 5.74) is 5.65. The first-order chi connectivity index (χ1) is 8.84. The monoisotopic (exact) mass is 300 g/mol. The molecule has 0 aromatic carbocycles. The van der Waals surface area contributed by atoms with Gasteiger partial charge in [-0.2, -0.15) is 9.40 Å². The fraction of sp³-hybridized carbons (Fsp3) is 0.364. The highest BCUT2D eigenvalue weighted by molar-refractivity contribution is 7.89. The van der Waals surface area contributed by atoms with Crippen molar-refractivity contribution in [3.8, 4) is 0 Å². The average Bonchev–Trinajstić information content (AvgIpc) is 2.96. The Kier molecular flexibility index (Phi) is 3.66. The number of rotatable bonds is 4. The van der Waals surface area contributed by atoms with Crippen LogP contribution in [0.1, 0.15) is 17.8 Å². The second-order valence-electron chi connectivity index (χ2n) is 4.26. The van der Waals surface area contributed by atoms with Gasteiger partial charge in [-0.25, -0.2) is 8.42 Å². The number of aromatic nitrogens is 2. The zero-order valence-corrected chi connectivity index (χ0v) is 12.6. The summed E-state index contributed by atoms with van der Waals surface area (Å²) >= 11 is 1.52. The molecule has 0 bridgehead atoms. The third kappa shape index (κ3) is 2.51. The summed E-state index contributed by atoms with van der Waals surface area (Å²) < 4.78 is 27.7. The minimum Gasteiger partial charge on any atom is -0.381 e. The number of aryl methyl sites for hydroxylation is 1. The normalized spacial score (nSPS) is 13.9. The minimum atomic E-state index is -3.64. The molecule has 2 rings (SSSR count). The van der Waals surface area contributed by atoms with Gasteiger partial charge in [0.25, 0.3) is 0 Å². The van der Waals surface area contributed by atoms with Gasteiger partial charge in [0, 0.05) is 25.2 Å². The van der Waals surface area contributed by atoms with E-state index in [1.165, 1.54) is 26.5 Å². The SMILES string of the molecule is CC(c1cccs1)N(C)S(=O)(=O)c1cn(C)nc1N. The molecule has 8 heteroatoms. The topological polar surface area (TPSA) is 81.2 Å². The van der Waals surface area contributed by atoms with Crippen LogP contribution < -0.4 is 5.73 Å². The van der Waals surface area contributed by atoms with Crippen molar-refractivity contribution in [3.63, 3.8) is 0 Å². The van der Waals surface area contributed by atoms with Crippen molar-refractivity contribution in [2.45, 2.75) is 17.9 Å². The number of nitrogens with two attached hydrogens (primary N) is 1. The van der Waals surface area contributed by atoms with E-state index in [2.05, 4.69) is 5.10 Å². The molecule has 0 aliphatic rings. The van der Waals surface area contributed by atoms with Crippen LogP contribution in [-0.2, 0) is 17.1 Å². The van der Waals surface area contributed by atoms with E-state index in [1.807, 2.05) is 24.4 Å². The summed E-state index contributed by atoms with van der Waals surface area (Å²) in [6, 6.07) is 3.56. The molecular weight excluding hydrogens is 284 g/mol. The van der Waals surface area contributed by atoms with Gasteiger partial charge in [-0.1, -0.05) is 6.07 Å². The zero-order valence-electron chi connectivity index (χ0n) is 10.9. The van der Waals surface area contributed by atoms with E-state index in [9.17, 15) is 8.42 Å². The number of anilines is 1. The molecule has 2 aromatic rings. The number of hydrogen-bond acceptors (Lipinski definition) is 5. The van der Waals surface area contributed by atoms with Crippen LogP contribution in [0.5, 0.6) is 0 Å². The Bertz CT molecular complexity index is 661. The Hall–Kier alpha value is -1.38. The van der Waals surface area contributed by atoms with Crippen LogP contribution >= 0.6 is 11.3 Å². The van der Waals surface area contributed by atoms with Gasteiger partial charge in [0.15, 0.2) is 5.82 Å². The van der Waals surface area contributed by atoms with Crippen molar-refractivity contribution in [3.05, 3.63) is 28.6 Å². The molecule has 0 amide bonds. The Labute approximate surface area is 116 Å². The zero-order chi connectivity index (χ0) is 14.2. The molecule has 1 atom stereocenters. The highest BCUT2D eigenvalue weighted by atomic mass is 32.2. The first-order valence-electron chi connectivity index (χ1n) is 5.64. The van der Waals surface area contributed by atoms with Crippen molar-refractivity contribution in [1.82, 2.24) is 14.1 Å². The molecule has 1 unspecified atom stereocenters. The van der Waals surface area contributed by atoms with Crippen LogP contribution in [-0.4, -0.2) is 29.6 Å². The lowest BCUT2D eigenvalue weighted by Crippen LogP contribution is -2.29. The predicted octanol–water partition coefficient (Wildman–Crippen LogP) is 1.45. The lowest BCUT2D eigenvalue weighted by molar-refractivity contribution is 0.403. The fourth-order valence-electron chi connectivity index (χ4n) is 1.75. The first-order valence-corrected chi connectivity index (χ1v) is 7.96. The average molecular weight is 300 g/mol. The van der Waals surface area contributed by atoms with Crippen molar-refractivity contribution < 1.29 is 8.42 Å². The van der Waals surface area contributed by atoms with Crippen LogP contribution in [0.2, 0.25) is 0 Å². The summed E-state index contributed by atoms with van der Waals surface area (Å²) in [6.45, 7) is 1.84. The maximum absolute atomic E-state index is 12.5. The van der Waals surface area contributed by atoms with E-state index in [0.29, 0.717) is 0 Å². The van der Waals surface area contributed by atoms with Gasteiger partial charge >= 0.3 is 0 Å². The Balaban J connectivity index is 2.37. The number of thiophene rings is 1. The Morgan fingerprint density at radius 1 is 1.53 bits per heavy atom. The van der Waals surface area contributed by atoms with Crippen LogP contribution in [0, 0.1) is 0 Å². The summed E-state index contributed by atoms with van der Waals surface area (Å²) in [6.07, 6.45) is 1.42. The van der Waals surface area contributed by atoms with E-state index < -0.39 is 10.0 Å². The molecule has 2 heterocycles. The number of sulfonamides is 1. The van der Waals surface area contributed by atoms with E-state index in [4.69, 9.17) is 5.73 Å². The Morgan fingerprint density at radius 2 is 2.21 bits per heavy atom. The molecule has 2 aromatic heterocycles. The standard InChI is InChI=1S/C11H16N4O2S2/c1-8(9-5-4-6-18-9)15(3)19(16,17)10-7-14(2)13-11(10)12/h4-8H,1-3H3,(H2,12,13). The van der Waals surface area contributed by atoms with Crippen LogP contribution in [0.15, 0.2) is 28.6 Å². The second kappa shape index (κ2) is 4.95. The molecule has 0 saturated carbocycles. The van der Waals surface area contributed by atoms with Crippen molar-refractivity contribution in [1.29, 1.82) is 0 Å². The first kappa shape index (κ1) is 14.0. The molecule has 2 N–H and O–H groups in total. The summed E-state index contributed by atoms with van der Waals surface area (Å²) in [5, 5.41) is 5.79. The highest BCUT2D eigenvalue weighted by Crippen LogP contribution is 2.29. The molecule has 0 aliphatic carbocycles.